The van der Waals surface area contributed by atoms with E-state index in [9.17, 15) is 18.0 Å². The number of methoxy groups -OCH3 is 2. The number of nitrogens with zero attached hydrogens (tertiary/aromatic N) is 2. The topological polar surface area (TPSA) is 102 Å². The van der Waals surface area contributed by atoms with E-state index in [4.69, 9.17) is 14.2 Å². The van der Waals surface area contributed by atoms with Crippen LogP contribution in [0.1, 0.15) is 18.9 Å². The number of Topliss-reactive ketones (excluding diaryl/α,β-unsaturated/α-hetero) is 1. The van der Waals surface area contributed by atoms with Gasteiger partial charge >= 0.3 is 0 Å². The van der Waals surface area contributed by atoms with Crippen molar-refractivity contribution in [3.63, 3.8) is 0 Å². The van der Waals surface area contributed by atoms with Crippen molar-refractivity contribution in [1.29, 1.82) is 0 Å². The van der Waals surface area contributed by atoms with E-state index in [1.54, 1.807) is 36.1 Å². The lowest BCUT2D eigenvalue weighted by molar-refractivity contribution is -0.134. The van der Waals surface area contributed by atoms with Gasteiger partial charge in [0.25, 0.3) is 5.91 Å². The molecule has 0 aromatic heterocycles. The van der Waals surface area contributed by atoms with Crippen LogP contribution in [0.2, 0.25) is 0 Å². The summed E-state index contributed by atoms with van der Waals surface area (Å²) < 4.78 is 43.7. The van der Waals surface area contributed by atoms with Gasteiger partial charge in [-0.3, -0.25) is 4.79 Å². The number of rotatable bonds is 10. The monoisotopic (exact) mass is 490 g/mol. The Labute approximate surface area is 200 Å². The van der Waals surface area contributed by atoms with Gasteiger partial charge in [0.15, 0.2) is 6.61 Å². The van der Waals surface area contributed by atoms with Gasteiger partial charge in [0.2, 0.25) is 10.0 Å². The molecule has 0 bridgehead atoms. The van der Waals surface area contributed by atoms with Crippen LogP contribution in [0, 0.1) is 0 Å². The molecule has 0 spiro atoms. The molecule has 1 aliphatic rings. The van der Waals surface area contributed by atoms with Crippen LogP contribution in [0.3, 0.4) is 0 Å². The summed E-state index contributed by atoms with van der Waals surface area (Å²) in [5.41, 5.74) is 1.03. The number of carbonyl (C=O) groups excluding carboxylic acids is 2. The van der Waals surface area contributed by atoms with Crippen molar-refractivity contribution in [3.05, 3.63) is 48.0 Å². The lowest BCUT2D eigenvalue weighted by Gasteiger charge is -2.34. The molecule has 0 unspecified atom stereocenters. The Balaban J connectivity index is 1.54. The standard InChI is InChI=1S/C24H30N2O7S/c1-18(27)4-5-19-6-8-20(9-7-19)33-17-24(28)25-12-14-26(15-13-25)34(29,30)23-16-21(31-2)10-11-22(23)32-3/h6-11,16H,4-5,12-15,17H2,1-3H3. The number of carbonyl (C=O) groups is 2. The van der Waals surface area contributed by atoms with Crippen molar-refractivity contribution in [1.82, 2.24) is 9.21 Å². The molecule has 2 aromatic carbocycles. The highest BCUT2D eigenvalue weighted by atomic mass is 32.2. The van der Waals surface area contributed by atoms with E-state index in [0.717, 1.165) is 5.56 Å². The minimum absolute atomic E-state index is 0.0317. The molecule has 1 saturated heterocycles. The van der Waals surface area contributed by atoms with Crippen molar-refractivity contribution in [2.45, 2.75) is 24.7 Å². The zero-order valence-corrected chi connectivity index (χ0v) is 20.5. The third kappa shape index (κ3) is 6.27. The normalized spacial score (nSPS) is 14.5. The number of hydrogen-bond donors (Lipinski definition) is 0. The number of amides is 1. The zero-order valence-electron chi connectivity index (χ0n) is 19.7. The predicted octanol–water partition coefficient (Wildman–Crippen LogP) is 2.14. The molecule has 0 aliphatic carbocycles. The van der Waals surface area contributed by atoms with Gasteiger partial charge in [-0.1, -0.05) is 12.1 Å². The molecule has 10 heteroatoms. The van der Waals surface area contributed by atoms with Gasteiger partial charge in [0, 0.05) is 38.7 Å². The van der Waals surface area contributed by atoms with E-state index in [0.29, 0.717) is 24.3 Å². The molecule has 1 fully saturated rings. The van der Waals surface area contributed by atoms with E-state index in [-0.39, 0.29) is 55.1 Å². The number of hydrogen-bond acceptors (Lipinski definition) is 7. The molecule has 0 atom stereocenters. The highest BCUT2D eigenvalue weighted by Crippen LogP contribution is 2.31. The molecule has 0 radical (unpaired) electrons. The Morgan fingerprint density at radius 2 is 1.56 bits per heavy atom. The van der Waals surface area contributed by atoms with Crippen LogP contribution < -0.4 is 14.2 Å². The maximum absolute atomic E-state index is 13.2. The van der Waals surface area contributed by atoms with Crippen molar-refractivity contribution in [2.24, 2.45) is 0 Å². The molecule has 1 amide bonds. The fraction of sp³-hybridized carbons (Fsp3) is 0.417. The first-order chi connectivity index (χ1) is 16.2. The smallest absolute Gasteiger partial charge is 0.260 e. The van der Waals surface area contributed by atoms with E-state index < -0.39 is 10.0 Å². The predicted molar refractivity (Wildman–Crippen MR) is 126 cm³/mol. The summed E-state index contributed by atoms with van der Waals surface area (Å²) >= 11 is 0. The van der Waals surface area contributed by atoms with E-state index in [1.807, 2.05) is 12.1 Å². The summed E-state index contributed by atoms with van der Waals surface area (Å²) in [5.74, 6) is 1.14. The highest BCUT2D eigenvalue weighted by molar-refractivity contribution is 7.89. The number of sulfonamides is 1. The van der Waals surface area contributed by atoms with Crippen molar-refractivity contribution in [2.75, 3.05) is 47.0 Å². The SMILES string of the molecule is COc1ccc(OC)c(S(=O)(=O)N2CCN(C(=O)COc3ccc(CCC(C)=O)cc3)CC2)c1. The number of piperazine rings is 1. The fourth-order valence-electron chi connectivity index (χ4n) is 3.61. The molecule has 1 heterocycles. The molecule has 3 rings (SSSR count). The first-order valence-corrected chi connectivity index (χ1v) is 12.4. The summed E-state index contributed by atoms with van der Waals surface area (Å²) in [7, 11) is -0.938. The Bertz CT molecular complexity index is 1110. The summed E-state index contributed by atoms with van der Waals surface area (Å²) in [6, 6.07) is 11.9. The number of ether oxygens (including phenoxy) is 3. The summed E-state index contributed by atoms with van der Waals surface area (Å²) in [5, 5.41) is 0. The van der Waals surface area contributed by atoms with Gasteiger partial charge in [-0.25, -0.2) is 8.42 Å². The first-order valence-electron chi connectivity index (χ1n) is 11.0. The molecule has 0 saturated carbocycles. The fourth-order valence-corrected chi connectivity index (χ4v) is 5.20. The summed E-state index contributed by atoms with van der Waals surface area (Å²) in [6.45, 7) is 2.28. The van der Waals surface area contributed by atoms with Gasteiger partial charge in [-0.15, -0.1) is 0 Å². The summed E-state index contributed by atoms with van der Waals surface area (Å²) in [6.07, 6.45) is 1.16. The molecular weight excluding hydrogens is 460 g/mol. The average molecular weight is 491 g/mol. The van der Waals surface area contributed by atoms with Crippen LogP contribution in [0.15, 0.2) is 47.4 Å². The van der Waals surface area contributed by atoms with E-state index >= 15 is 0 Å². The molecule has 0 N–H and O–H groups in total. The summed E-state index contributed by atoms with van der Waals surface area (Å²) in [4.78, 5) is 25.3. The maximum atomic E-state index is 13.2. The van der Waals surface area contributed by atoms with Crippen molar-refractivity contribution < 1.29 is 32.2 Å². The zero-order chi connectivity index (χ0) is 24.7. The first kappa shape index (κ1) is 25.5. The third-order valence-electron chi connectivity index (χ3n) is 5.63. The Hall–Kier alpha value is -3.11. The lowest BCUT2D eigenvalue weighted by Crippen LogP contribution is -2.51. The van der Waals surface area contributed by atoms with Gasteiger partial charge in [-0.05, 0) is 43.2 Å². The Kier molecular flexibility index (Phi) is 8.51. The minimum Gasteiger partial charge on any atom is -0.497 e. The van der Waals surface area contributed by atoms with E-state index in [2.05, 4.69) is 0 Å². The molecule has 2 aromatic rings. The van der Waals surface area contributed by atoms with Crippen LogP contribution >= 0.6 is 0 Å². The van der Waals surface area contributed by atoms with Crippen LogP contribution in [0.4, 0.5) is 0 Å². The Morgan fingerprint density at radius 1 is 0.912 bits per heavy atom. The van der Waals surface area contributed by atoms with Gasteiger partial charge in [0.1, 0.15) is 27.9 Å². The maximum Gasteiger partial charge on any atom is 0.260 e. The second-order valence-electron chi connectivity index (χ2n) is 7.94. The number of ketones is 1. The third-order valence-corrected chi connectivity index (χ3v) is 7.55. The molecule has 184 valence electrons. The molecule has 34 heavy (non-hydrogen) atoms. The minimum atomic E-state index is -3.82. The molecule has 1 aliphatic heterocycles. The largest absolute Gasteiger partial charge is 0.497 e. The van der Waals surface area contributed by atoms with Crippen molar-refractivity contribution in [3.8, 4) is 17.2 Å². The van der Waals surface area contributed by atoms with Crippen LogP contribution in [0.5, 0.6) is 17.2 Å². The molecule has 9 nitrogen and oxygen atoms in total. The molecular formula is C24H30N2O7S. The van der Waals surface area contributed by atoms with Crippen LogP contribution in [0.25, 0.3) is 0 Å². The van der Waals surface area contributed by atoms with Gasteiger partial charge in [-0.2, -0.15) is 4.31 Å². The Morgan fingerprint density at radius 3 is 2.15 bits per heavy atom. The lowest BCUT2D eigenvalue weighted by atomic mass is 10.1. The van der Waals surface area contributed by atoms with Gasteiger partial charge < -0.3 is 23.9 Å². The van der Waals surface area contributed by atoms with Crippen molar-refractivity contribution >= 4 is 21.7 Å². The average Bonchev–Trinajstić information content (AvgIpc) is 2.86. The quantitative estimate of drug-likeness (QED) is 0.503. The number of aryl methyl sites for hydroxylation is 1. The van der Waals surface area contributed by atoms with E-state index in [1.165, 1.54) is 24.6 Å². The van der Waals surface area contributed by atoms with Crippen LogP contribution in [-0.4, -0.2) is 76.3 Å². The van der Waals surface area contributed by atoms with Gasteiger partial charge in [0.05, 0.1) is 14.2 Å². The highest BCUT2D eigenvalue weighted by Gasteiger charge is 2.32. The second-order valence-corrected chi connectivity index (χ2v) is 9.84. The second kappa shape index (κ2) is 11.3. The number of benzene rings is 2. The van der Waals surface area contributed by atoms with Crippen LogP contribution in [-0.2, 0) is 26.0 Å².